The van der Waals surface area contributed by atoms with Gasteiger partial charge in [-0.15, -0.1) is 0 Å². The van der Waals surface area contributed by atoms with Crippen LogP contribution in [0, 0.1) is 5.92 Å². The van der Waals surface area contributed by atoms with E-state index < -0.39 is 5.97 Å². The fourth-order valence-electron chi connectivity index (χ4n) is 2.33. The van der Waals surface area contributed by atoms with Crippen molar-refractivity contribution in [1.82, 2.24) is 19.5 Å². The lowest BCUT2D eigenvalue weighted by atomic mass is 10.1. The van der Waals surface area contributed by atoms with E-state index in [-0.39, 0.29) is 42.0 Å². The maximum Gasteiger partial charge on any atom is 0.305 e. The Morgan fingerprint density at radius 3 is 2.52 bits per heavy atom. The number of hydrogen-bond acceptors (Lipinski definition) is 8. The van der Waals surface area contributed by atoms with E-state index in [0.29, 0.717) is 30.1 Å². The molecule has 2 heterocycles. The number of aryl methyl sites for hydroxylation is 1. The molecule has 0 bridgehead atoms. The Kier molecular flexibility index (Phi) is 7.61. The standard InChI is InChI=1S/C16H21Cl2N5O4/c1-4-11(25)27-8-10(7-26-9(2)24)5-6-23-14-12(20-15(23)18)13(17)21-16(19-3)22-14/h10H,4-8H2,1-3H3,(H,19,21,22). The summed E-state index contributed by atoms with van der Waals surface area (Å²) in [6, 6.07) is 0. The predicted molar refractivity (Wildman–Crippen MR) is 101 cm³/mol. The molecule has 9 nitrogen and oxygen atoms in total. The number of carbonyl (C=O) groups is 2. The molecule has 27 heavy (non-hydrogen) atoms. The molecule has 2 aromatic rings. The Labute approximate surface area is 166 Å². The van der Waals surface area contributed by atoms with Crippen molar-refractivity contribution in [3.05, 3.63) is 10.4 Å². The molecule has 0 amide bonds. The maximum atomic E-state index is 11.4. The van der Waals surface area contributed by atoms with E-state index in [1.165, 1.54) is 6.92 Å². The molecule has 0 aliphatic heterocycles. The number of aromatic nitrogens is 4. The molecule has 0 fully saturated rings. The fourth-order valence-corrected chi connectivity index (χ4v) is 2.78. The third kappa shape index (κ3) is 5.67. The summed E-state index contributed by atoms with van der Waals surface area (Å²) in [5, 5.41) is 3.23. The van der Waals surface area contributed by atoms with E-state index in [0.717, 1.165) is 0 Å². The molecule has 2 rings (SSSR count). The monoisotopic (exact) mass is 417 g/mol. The van der Waals surface area contributed by atoms with Crippen LogP contribution >= 0.6 is 23.2 Å². The van der Waals surface area contributed by atoms with Crippen LogP contribution in [0.25, 0.3) is 11.2 Å². The molecule has 11 heteroatoms. The topological polar surface area (TPSA) is 108 Å². The number of halogens is 2. The molecule has 0 aliphatic rings. The summed E-state index contributed by atoms with van der Waals surface area (Å²) in [5.41, 5.74) is 0.885. The minimum Gasteiger partial charge on any atom is -0.465 e. The molecular formula is C16H21Cl2N5O4. The molecule has 1 atom stereocenters. The van der Waals surface area contributed by atoms with Crippen LogP contribution in [-0.4, -0.2) is 51.7 Å². The molecule has 0 spiro atoms. The number of imidazole rings is 1. The lowest BCUT2D eigenvalue weighted by Crippen LogP contribution is -2.21. The van der Waals surface area contributed by atoms with Gasteiger partial charge in [0.1, 0.15) is 5.52 Å². The molecule has 0 radical (unpaired) electrons. The van der Waals surface area contributed by atoms with Crippen molar-refractivity contribution in [3.8, 4) is 0 Å². The first-order valence-corrected chi connectivity index (χ1v) is 9.17. The Balaban J connectivity index is 2.17. The Hall–Kier alpha value is -2.13. The van der Waals surface area contributed by atoms with Crippen molar-refractivity contribution in [1.29, 1.82) is 0 Å². The van der Waals surface area contributed by atoms with Crippen molar-refractivity contribution >= 4 is 52.3 Å². The second-order valence-corrected chi connectivity index (χ2v) is 6.48. The average molecular weight is 418 g/mol. The molecule has 0 saturated carbocycles. The molecule has 0 aliphatic carbocycles. The fraction of sp³-hybridized carbons (Fsp3) is 0.562. The first-order chi connectivity index (χ1) is 12.8. The summed E-state index contributed by atoms with van der Waals surface area (Å²) >= 11 is 12.4. The Bertz CT molecular complexity index is 827. The number of nitrogens with zero attached hydrogens (tertiary/aromatic N) is 4. The normalized spacial score (nSPS) is 12.0. The highest BCUT2D eigenvalue weighted by Crippen LogP contribution is 2.25. The van der Waals surface area contributed by atoms with E-state index in [1.807, 2.05) is 0 Å². The SMILES string of the molecule is CCC(=O)OCC(CCn1c(Cl)nc2c(Cl)nc(NC)nc21)COC(C)=O. The summed E-state index contributed by atoms with van der Waals surface area (Å²) in [4.78, 5) is 35.2. The van der Waals surface area contributed by atoms with Gasteiger partial charge in [-0.25, -0.2) is 4.98 Å². The van der Waals surface area contributed by atoms with Crippen LogP contribution in [0.3, 0.4) is 0 Å². The summed E-state index contributed by atoms with van der Waals surface area (Å²) in [6.07, 6.45) is 0.798. The van der Waals surface area contributed by atoms with Gasteiger partial charge in [0.05, 0.1) is 13.2 Å². The lowest BCUT2D eigenvalue weighted by Gasteiger charge is -2.17. The second kappa shape index (κ2) is 9.70. The highest BCUT2D eigenvalue weighted by atomic mass is 35.5. The van der Waals surface area contributed by atoms with Crippen LogP contribution in [0.1, 0.15) is 26.7 Å². The van der Waals surface area contributed by atoms with Crippen molar-refractivity contribution in [2.75, 3.05) is 25.6 Å². The third-order valence-corrected chi connectivity index (χ3v) is 4.33. The van der Waals surface area contributed by atoms with Gasteiger partial charge in [0, 0.05) is 32.9 Å². The van der Waals surface area contributed by atoms with E-state index >= 15 is 0 Å². The highest BCUT2D eigenvalue weighted by molar-refractivity contribution is 6.34. The van der Waals surface area contributed by atoms with Crippen molar-refractivity contribution in [2.24, 2.45) is 5.92 Å². The molecular weight excluding hydrogens is 397 g/mol. The van der Waals surface area contributed by atoms with Gasteiger partial charge in [0.2, 0.25) is 11.2 Å². The predicted octanol–water partition coefficient (Wildman–Crippen LogP) is 2.70. The second-order valence-electron chi connectivity index (χ2n) is 5.79. The summed E-state index contributed by atoms with van der Waals surface area (Å²) in [6.45, 7) is 3.73. The van der Waals surface area contributed by atoms with Gasteiger partial charge in [0.25, 0.3) is 0 Å². The van der Waals surface area contributed by atoms with Crippen LogP contribution < -0.4 is 5.32 Å². The number of ether oxygens (including phenoxy) is 2. The van der Waals surface area contributed by atoms with E-state index in [9.17, 15) is 9.59 Å². The number of fused-ring (bicyclic) bond motifs is 1. The van der Waals surface area contributed by atoms with E-state index in [2.05, 4.69) is 20.3 Å². The third-order valence-electron chi connectivity index (χ3n) is 3.78. The van der Waals surface area contributed by atoms with Gasteiger partial charge >= 0.3 is 11.9 Å². The van der Waals surface area contributed by atoms with Crippen LogP contribution in [0.5, 0.6) is 0 Å². The number of carbonyl (C=O) groups excluding carboxylic acids is 2. The van der Waals surface area contributed by atoms with Crippen LogP contribution in [0.15, 0.2) is 0 Å². The smallest absolute Gasteiger partial charge is 0.305 e. The number of rotatable bonds is 9. The molecule has 2 aromatic heterocycles. The zero-order chi connectivity index (χ0) is 20.0. The van der Waals surface area contributed by atoms with Crippen LogP contribution in [0.4, 0.5) is 5.95 Å². The van der Waals surface area contributed by atoms with Gasteiger partial charge in [-0.05, 0) is 18.0 Å². The van der Waals surface area contributed by atoms with Crippen LogP contribution in [-0.2, 0) is 25.6 Å². The van der Waals surface area contributed by atoms with Gasteiger partial charge in [0.15, 0.2) is 10.8 Å². The quantitative estimate of drug-likeness (QED) is 0.376. The largest absolute Gasteiger partial charge is 0.465 e. The zero-order valence-corrected chi connectivity index (χ0v) is 16.8. The van der Waals surface area contributed by atoms with Crippen molar-refractivity contribution in [3.63, 3.8) is 0 Å². The minimum absolute atomic E-state index is 0.133. The summed E-state index contributed by atoms with van der Waals surface area (Å²) in [5.74, 6) is -0.559. The molecule has 0 saturated heterocycles. The van der Waals surface area contributed by atoms with Crippen molar-refractivity contribution < 1.29 is 19.1 Å². The molecule has 148 valence electrons. The highest BCUT2D eigenvalue weighted by Gasteiger charge is 2.19. The number of anilines is 1. The van der Waals surface area contributed by atoms with Crippen molar-refractivity contribution in [2.45, 2.75) is 33.2 Å². The van der Waals surface area contributed by atoms with E-state index in [4.69, 9.17) is 32.7 Å². The number of nitrogens with one attached hydrogen (secondary N) is 1. The number of hydrogen-bond donors (Lipinski definition) is 1. The summed E-state index contributed by atoms with van der Waals surface area (Å²) in [7, 11) is 1.68. The molecule has 0 aromatic carbocycles. The van der Waals surface area contributed by atoms with Crippen LogP contribution in [0.2, 0.25) is 10.4 Å². The summed E-state index contributed by atoms with van der Waals surface area (Å²) < 4.78 is 11.9. The zero-order valence-electron chi connectivity index (χ0n) is 15.3. The first-order valence-electron chi connectivity index (χ1n) is 8.41. The van der Waals surface area contributed by atoms with Gasteiger partial charge < -0.3 is 14.8 Å². The lowest BCUT2D eigenvalue weighted by molar-refractivity contribution is -0.147. The van der Waals surface area contributed by atoms with E-state index in [1.54, 1.807) is 18.5 Å². The van der Waals surface area contributed by atoms with Gasteiger partial charge in [-0.2, -0.15) is 9.97 Å². The maximum absolute atomic E-state index is 11.4. The molecule has 1 unspecified atom stereocenters. The first kappa shape index (κ1) is 21.2. The Morgan fingerprint density at radius 2 is 1.89 bits per heavy atom. The van der Waals surface area contributed by atoms with Gasteiger partial charge in [-0.3, -0.25) is 14.2 Å². The average Bonchev–Trinajstić information content (AvgIpc) is 2.96. The minimum atomic E-state index is -0.397. The molecule has 1 N–H and O–H groups in total. The number of esters is 2. The Morgan fingerprint density at radius 1 is 1.19 bits per heavy atom. The van der Waals surface area contributed by atoms with Gasteiger partial charge in [-0.1, -0.05) is 18.5 Å².